The number of carbonyl (C=O) groups is 2. The predicted octanol–water partition coefficient (Wildman–Crippen LogP) is 0.280. The van der Waals surface area contributed by atoms with E-state index in [-0.39, 0.29) is 17.7 Å². The van der Waals surface area contributed by atoms with Crippen molar-refractivity contribution in [1.29, 1.82) is 0 Å². The Kier molecular flexibility index (Phi) is 1.49. The van der Waals surface area contributed by atoms with E-state index in [4.69, 9.17) is 0 Å². The Bertz CT molecular complexity index is 259. The fraction of sp³-hybridized carbons (Fsp3) is 0.429. The first-order valence-corrected chi connectivity index (χ1v) is 4.45. The molecule has 2 aliphatic heterocycles. The van der Waals surface area contributed by atoms with Crippen molar-refractivity contribution in [2.75, 3.05) is 5.75 Å². The maximum atomic E-state index is 11.1. The third-order valence-corrected chi connectivity index (χ3v) is 3.03. The lowest BCUT2D eigenvalue weighted by Crippen LogP contribution is -2.37. The summed E-state index contributed by atoms with van der Waals surface area (Å²) in [4.78, 5) is 22.8. The SMILES string of the molecule is O=C1C=C2SCC[C@H]2C(=O)N1. The van der Waals surface area contributed by atoms with E-state index in [0.717, 1.165) is 17.1 Å². The van der Waals surface area contributed by atoms with Crippen molar-refractivity contribution in [2.24, 2.45) is 5.92 Å². The number of fused-ring (bicyclic) bond motifs is 1. The van der Waals surface area contributed by atoms with Gasteiger partial charge < -0.3 is 0 Å². The van der Waals surface area contributed by atoms with Crippen LogP contribution < -0.4 is 5.32 Å². The largest absolute Gasteiger partial charge is 0.292 e. The summed E-state index contributed by atoms with van der Waals surface area (Å²) in [7, 11) is 0. The van der Waals surface area contributed by atoms with Crippen LogP contribution in [-0.4, -0.2) is 17.6 Å². The van der Waals surface area contributed by atoms with Gasteiger partial charge in [-0.05, 0) is 12.2 Å². The highest BCUT2D eigenvalue weighted by Gasteiger charge is 2.32. The van der Waals surface area contributed by atoms with Crippen molar-refractivity contribution >= 4 is 23.6 Å². The van der Waals surface area contributed by atoms with Crippen LogP contribution in [0.1, 0.15) is 6.42 Å². The molecule has 1 saturated heterocycles. The van der Waals surface area contributed by atoms with E-state index in [1.54, 1.807) is 11.8 Å². The molecule has 1 N–H and O–H groups in total. The second-order valence-electron chi connectivity index (χ2n) is 2.59. The lowest BCUT2D eigenvalue weighted by molar-refractivity contribution is -0.130. The van der Waals surface area contributed by atoms with E-state index < -0.39 is 0 Å². The minimum absolute atomic E-state index is 0.0299. The smallest absolute Gasteiger partial charge is 0.251 e. The molecule has 0 aromatic carbocycles. The highest BCUT2D eigenvalue weighted by Crippen LogP contribution is 2.37. The van der Waals surface area contributed by atoms with E-state index in [1.165, 1.54) is 6.08 Å². The van der Waals surface area contributed by atoms with Crippen LogP contribution in [0.25, 0.3) is 0 Å². The first kappa shape index (κ1) is 6.91. The Balaban J connectivity index is 2.34. The molecule has 3 nitrogen and oxygen atoms in total. The highest BCUT2D eigenvalue weighted by molar-refractivity contribution is 8.03. The Morgan fingerprint density at radius 1 is 1.55 bits per heavy atom. The molecule has 0 aromatic rings. The third kappa shape index (κ3) is 1.07. The van der Waals surface area contributed by atoms with Crippen LogP contribution in [0.3, 0.4) is 0 Å². The summed E-state index contributed by atoms with van der Waals surface area (Å²) in [5, 5.41) is 2.28. The fourth-order valence-corrected chi connectivity index (χ4v) is 2.52. The zero-order chi connectivity index (χ0) is 7.84. The van der Waals surface area contributed by atoms with Crippen molar-refractivity contribution in [3.8, 4) is 0 Å². The number of hydrogen-bond donors (Lipinski definition) is 1. The Labute approximate surface area is 68.2 Å². The molecule has 1 fully saturated rings. The van der Waals surface area contributed by atoms with E-state index in [1.807, 2.05) is 0 Å². The molecule has 0 aliphatic carbocycles. The van der Waals surface area contributed by atoms with Crippen molar-refractivity contribution < 1.29 is 9.59 Å². The summed E-state index contributed by atoms with van der Waals surface area (Å²) >= 11 is 1.61. The first-order valence-electron chi connectivity index (χ1n) is 3.46. The average molecular weight is 169 g/mol. The van der Waals surface area contributed by atoms with Crippen LogP contribution in [0.4, 0.5) is 0 Å². The topological polar surface area (TPSA) is 46.2 Å². The first-order chi connectivity index (χ1) is 5.27. The number of imide groups is 1. The van der Waals surface area contributed by atoms with E-state index in [0.29, 0.717) is 0 Å². The van der Waals surface area contributed by atoms with Crippen molar-refractivity contribution in [1.82, 2.24) is 5.32 Å². The van der Waals surface area contributed by atoms with Gasteiger partial charge >= 0.3 is 0 Å². The molecule has 0 saturated carbocycles. The van der Waals surface area contributed by atoms with Gasteiger partial charge in [-0.25, -0.2) is 0 Å². The second-order valence-corrected chi connectivity index (χ2v) is 3.76. The molecule has 58 valence electrons. The van der Waals surface area contributed by atoms with E-state index in [9.17, 15) is 9.59 Å². The highest BCUT2D eigenvalue weighted by atomic mass is 32.2. The monoisotopic (exact) mass is 169 g/mol. The number of hydrogen-bond acceptors (Lipinski definition) is 3. The van der Waals surface area contributed by atoms with Crippen LogP contribution in [-0.2, 0) is 9.59 Å². The van der Waals surface area contributed by atoms with E-state index >= 15 is 0 Å². The molecular formula is C7H7NO2S. The molecule has 11 heavy (non-hydrogen) atoms. The van der Waals surface area contributed by atoms with Crippen LogP contribution in [0.2, 0.25) is 0 Å². The number of amides is 2. The van der Waals surface area contributed by atoms with Crippen LogP contribution >= 0.6 is 11.8 Å². The number of nitrogens with one attached hydrogen (secondary N) is 1. The van der Waals surface area contributed by atoms with Gasteiger partial charge in [0.2, 0.25) is 5.91 Å². The molecule has 2 amide bonds. The molecule has 1 atom stereocenters. The normalized spacial score (nSPS) is 29.5. The van der Waals surface area contributed by atoms with Gasteiger partial charge in [0.15, 0.2) is 0 Å². The summed E-state index contributed by atoms with van der Waals surface area (Å²) in [6.07, 6.45) is 2.40. The summed E-state index contributed by atoms with van der Waals surface area (Å²) in [6.45, 7) is 0. The molecule has 0 bridgehead atoms. The Hall–Kier alpha value is -0.770. The summed E-state index contributed by atoms with van der Waals surface area (Å²) in [5.74, 6) is 0.530. The maximum absolute atomic E-state index is 11.1. The standard InChI is InChI=1S/C7H7NO2S/c9-6-3-5-4(1-2-11-5)7(10)8-6/h3-4H,1-2H2,(H,8,9,10)/t4-/m1/s1. The summed E-state index contributed by atoms with van der Waals surface area (Å²) in [5.41, 5.74) is 0. The zero-order valence-electron chi connectivity index (χ0n) is 5.79. The van der Waals surface area contributed by atoms with Crippen molar-refractivity contribution in [3.05, 3.63) is 11.0 Å². The summed E-state index contributed by atoms with van der Waals surface area (Å²) < 4.78 is 0. The number of carbonyl (C=O) groups excluding carboxylic acids is 2. The molecule has 0 unspecified atom stereocenters. The lowest BCUT2D eigenvalue weighted by atomic mass is 10.0. The summed E-state index contributed by atoms with van der Waals surface area (Å²) in [6, 6.07) is 0. The minimum Gasteiger partial charge on any atom is -0.292 e. The molecule has 0 spiro atoms. The Morgan fingerprint density at radius 3 is 3.18 bits per heavy atom. The molecule has 2 heterocycles. The zero-order valence-corrected chi connectivity index (χ0v) is 6.61. The second kappa shape index (κ2) is 2.37. The van der Waals surface area contributed by atoms with Crippen LogP contribution in [0, 0.1) is 5.92 Å². The molecular weight excluding hydrogens is 162 g/mol. The maximum Gasteiger partial charge on any atom is 0.251 e. The van der Waals surface area contributed by atoms with Gasteiger partial charge in [0.1, 0.15) is 0 Å². The quantitative estimate of drug-likeness (QED) is 0.530. The lowest BCUT2D eigenvalue weighted by Gasteiger charge is -2.14. The molecule has 0 aromatic heterocycles. The van der Waals surface area contributed by atoms with Gasteiger partial charge in [0.05, 0.1) is 5.92 Å². The molecule has 2 aliphatic rings. The van der Waals surface area contributed by atoms with Crippen LogP contribution in [0.5, 0.6) is 0 Å². The van der Waals surface area contributed by atoms with Crippen molar-refractivity contribution in [3.63, 3.8) is 0 Å². The van der Waals surface area contributed by atoms with Gasteiger partial charge in [0.25, 0.3) is 5.91 Å². The van der Waals surface area contributed by atoms with Gasteiger partial charge in [-0.15, -0.1) is 11.8 Å². The van der Waals surface area contributed by atoms with Gasteiger partial charge in [-0.3, -0.25) is 14.9 Å². The molecule has 0 radical (unpaired) electrons. The van der Waals surface area contributed by atoms with Gasteiger partial charge in [0, 0.05) is 11.0 Å². The minimum atomic E-state index is -0.268. The van der Waals surface area contributed by atoms with Crippen LogP contribution in [0.15, 0.2) is 11.0 Å². The molecule has 2 rings (SSSR count). The predicted molar refractivity (Wildman–Crippen MR) is 41.8 cm³/mol. The molecule has 4 heteroatoms. The number of rotatable bonds is 0. The fourth-order valence-electron chi connectivity index (χ4n) is 1.31. The average Bonchev–Trinajstić information content (AvgIpc) is 2.34. The van der Waals surface area contributed by atoms with E-state index in [2.05, 4.69) is 5.32 Å². The van der Waals surface area contributed by atoms with Gasteiger partial charge in [-0.2, -0.15) is 0 Å². The third-order valence-electron chi connectivity index (χ3n) is 1.85. The Morgan fingerprint density at radius 2 is 2.36 bits per heavy atom. The number of thioether (sulfide) groups is 1. The van der Waals surface area contributed by atoms with Crippen molar-refractivity contribution in [2.45, 2.75) is 6.42 Å². The van der Waals surface area contributed by atoms with Gasteiger partial charge in [-0.1, -0.05) is 0 Å².